The summed E-state index contributed by atoms with van der Waals surface area (Å²) in [7, 11) is 1.67. The van der Waals surface area contributed by atoms with Gasteiger partial charge in [0.2, 0.25) is 0 Å². The Morgan fingerprint density at radius 1 is 0.960 bits per heavy atom. The van der Waals surface area contributed by atoms with Gasteiger partial charge in [-0.1, -0.05) is 60.7 Å². The third kappa shape index (κ3) is 4.08. The van der Waals surface area contributed by atoms with E-state index in [-0.39, 0.29) is 12.1 Å². The van der Waals surface area contributed by atoms with Crippen LogP contribution in [0.3, 0.4) is 0 Å². The molecule has 0 bridgehead atoms. The van der Waals surface area contributed by atoms with Crippen molar-refractivity contribution >= 4 is 11.8 Å². The summed E-state index contributed by atoms with van der Waals surface area (Å²) in [6.45, 7) is 1.93. The Morgan fingerprint density at radius 2 is 1.48 bits per heavy atom. The SMILES string of the molecule is C[C@@H](c1ccccc1)N(C)C(=O)C(=O)N[C@@H](c1ccccc1)C1CC1. The second-order valence-corrected chi connectivity index (χ2v) is 6.70. The lowest BCUT2D eigenvalue weighted by atomic mass is 10.0. The molecule has 1 N–H and O–H groups in total. The summed E-state index contributed by atoms with van der Waals surface area (Å²) in [5, 5.41) is 2.95. The van der Waals surface area contributed by atoms with Gasteiger partial charge in [0.15, 0.2) is 0 Å². The lowest BCUT2D eigenvalue weighted by molar-refractivity contribution is -0.146. The maximum atomic E-state index is 12.6. The molecule has 2 aromatic carbocycles. The van der Waals surface area contributed by atoms with E-state index >= 15 is 0 Å². The molecule has 0 unspecified atom stereocenters. The fourth-order valence-electron chi connectivity index (χ4n) is 3.06. The fourth-order valence-corrected chi connectivity index (χ4v) is 3.06. The third-order valence-corrected chi connectivity index (χ3v) is 4.92. The van der Waals surface area contributed by atoms with Crippen molar-refractivity contribution in [1.29, 1.82) is 0 Å². The molecular weight excluding hydrogens is 312 g/mol. The number of nitrogens with zero attached hydrogens (tertiary/aromatic N) is 1. The number of carbonyl (C=O) groups excluding carboxylic acids is 2. The fraction of sp³-hybridized carbons (Fsp3) is 0.333. The molecule has 2 aromatic rings. The molecule has 4 nitrogen and oxygen atoms in total. The van der Waals surface area contributed by atoms with E-state index in [0.29, 0.717) is 5.92 Å². The minimum absolute atomic E-state index is 0.0851. The van der Waals surface area contributed by atoms with Gasteiger partial charge in [0.25, 0.3) is 0 Å². The van der Waals surface area contributed by atoms with E-state index in [2.05, 4.69) is 5.32 Å². The van der Waals surface area contributed by atoms with Gasteiger partial charge < -0.3 is 10.2 Å². The number of rotatable bonds is 5. The summed E-state index contributed by atoms with van der Waals surface area (Å²) < 4.78 is 0. The molecule has 3 rings (SSSR count). The van der Waals surface area contributed by atoms with Crippen molar-refractivity contribution in [3.8, 4) is 0 Å². The minimum atomic E-state index is -0.536. The summed E-state index contributed by atoms with van der Waals surface area (Å²) >= 11 is 0. The summed E-state index contributed by atoms with van der Waals surface area (Å²) in [4.78, 5) is 26.6. The molecule has 25 heavy (non-hydrogen) atoms. The number of benzene rings is 2. The Bertz CT molecular complexity index is 726. The van der Waals surface area contributed by atoms with E-state index in [1.807, 2.05) is 67.6 Å². The highest BCUT2D eigenvalue weighted by Gasteiger charge is 2.35. The van der Waals surface area contributed by atoms with E-state index in [0.717, 1.165) is 24.0 Å². The van der Waals surface area contributed by atoms with Crippen LogP contribution in [0.4, 0.5) is 0 Å². The first-order chi connectivity index (χ1) is 12.1. The maximum Gasteiger partial charge on any atom is 0.312 e. The van der Waals surface area contributed by atoms with E-state index in [1.165, 1.54) is 4.90 Å². The van der Waals surface area contributed by atoms with Crippen molar-refractivity contribution in [3.05, 3.63) is 71.8 Å². The predicted molar refractivity (Wildman–Crippen MR) is 97.7 cm³/mol. The average molecular weight is 336 g/mol. The van der Waals surface area contributed by atoms with Crippen LogP contribution in [0.25, 0.3) is 0 Å². The molecule has 0 heterocycles. The van der Waals surface area contributed by atoms with Crippen LogP contribution in [0.2, 0.25) is 0 Å². The number of hydrogen-bond acceptors (Lipinski definition) is 2. The zero-order valence-corrected chi connectivity index (χ0v) is 14.7. The lowest BCUT2D eigenvalue weighted by Gasteiger charge is -2.26. The molecule has 1 aliphatic carbocycles. The third-order valence-electron chi connectivity index (χ3n) is 4.92. The number of likely N-dealkylation sites (N-methyl/N-ethyl adjacent to an activating group) is 1. The lowest BCUT2D eigenvalue weighted by Crippen LogP contribution is -2.43. The van der Waals surface area contributed by atoms with Crippen molar-refractivity contribution in [3.63, 3.8) is 0 Å². The van der Waals surface area contributed by atoms with Crippen LogP contribution in [-0.2, 0) is 9.59 Å². The second-order valence-electron chi connectivity index (χ2n) is 6.70. The van der Waals surface area contributed by atoms with E-state index in [9.17, 15) is 9.59 Å². The van der Waals surface area contributed by atoms with Crippen LogP contribution in [0.1, 0.15) is 43.0 Å². The maximum absolute atomic E-state index is 12.6. The highest BCUT2D eigenvalue weighted by atomic mass is 16.2. The summed E-state index contributed by atoms with van der Waals surface area (Å²) in [5.74, 6) is -0.611. The molecule has 0 spiro atoms. The molecule has 2 atom stereocenters. The predicted octanol–water partition coefficient (Wildman–Crippen LogP) is 3.47. The van der Waals surface area contributed by atoms with Gasteiger partial charge >= 0.3 is 11.8 Å². The van der Waals surface area contributed by atoms with Crippen LogP contribution in [0, 0.1) is 5.92 Å². The highest BCUT2D eigenvalue weighted by Crippen LogP contribution is 2.40. The molecule has 1 fully saturated rings. The molecule has 1 saturated carbocycles. The van der Waals surface area contributed by atoms with Crippen LogP contribution in [0.5, 0.6) is 0 Å². The van der Waals surface area contributed by atoms with Crippen LogP contribution in [-0.4, -0.2) is 23.8 Å². The first-order valence-corrected chi connectivity index (χ1v) is 8.75. The monoisotopic (exact) mass is 336 g/mol. The molecule has 0 aliphatic heterocycles. The normalized spacial score (nSPS) is 15.9. The number of amides is 2. The molecule has 4 heteroatoms. The zero-order chi connectivity index (χ0) is 17.8. The Kier molecular flexibility index (Phi) is 5.17. The average Bonchev–Trinajstić information content (AvgIpc) is 3.50. The molecule has 0 aromatic heterocycles. The number of hydrogen-bond donors (Lipinski definition) is 1. The number of nitrogens with one attached hydrogen (secondary N) is 1. The Labute approximate surface area is 148 Å². The second kappa shape index (κ2) is 7.51. The molecule has 0 radical (unpaired) electrons. The molecular formula is C21H24N2O2. The summed E-state index contributed by atoms with van der Waals surface area (Å²) in [6, 6.07) is 19.4. The molecule has 1 aliphatic rings. The van der Waals surface area contributed by atoms with Crippen LogP contribution < -0.4 is 5.32 Å². The van der Waals surface area contributed by atoms with Gasteiger partial charge in [0.05, 0.1) is 12.1 Å². The smallest absolute Gasteiger partial charge is 0.312 e. The minimum Gasteiger partial charge on any atom is -0.341 e. The van der Waals surface area contributed by atoms with Crippen LogP contribution >= 0.6 is 0 Å². The largest absolute Gasteiger partial charge is 0.341 e. The first kappa shape index (κ1) is 17.2. The van der Waals surface area contributed by atoms with E-state index in [1.54, 1.807) is 7.05 Å². The standard InChI is InChI=1S/C21H24N2O2/c1-15(16-9-5-3-6-10-16)23(2)21(25)20(24)22-19(18-13-14-18)17-11-7-4-8-12-17/h3-12,15,18-19H,13-14H2,1-2H3,(H,22,24)/t15-,19-/m0/s1. The Balaban J connectivity index is 1.68. The van der Waals surface area contributed by atoms with Crippen LogP contribution in [0.15, 0.2) is 60.7 Å². The van der Waals surface area contributed by atoms with Crippen molar-refractivity contribution in [2.24, 2.45) is 5.92 Å². The molecule has 0 saturated heterocycles. The first-order valence-electron chi connectivity index (χ1n) is 8.75. The molecule has 2 amide bonds. The van der Waals surface area contributed by atoms with E-state index in [4.69, 9.17) is 0 Å². The van der Waals surface area contributed by atoms with Gasteiger partial charge in [-0.05, 0) is 36.8 Å². The van der Waals surface area contributed by atoms with Gasteiger partial charge in [0, 0.05) is 7.05 Å². The van der Waals surface area contributed by atoms with Crippen molar-refractivity contribution in [1.82, 2.24) is 10.2 Å². The zero-order valence-electron chi connectivity index (χ0n) is 14.7. The Hall–Kier alpha value is -2.62. The Morgan fingerprint density at radius 3 is 2.00 bits per heavy atom. The van der Waals surface area contributed by atoms with Gasteiger partial charge in [-0.3, -0.25) is 9.59 Å². The molecule has 130 valence electrons. The number of carbonyl (C=O) groups is 2. The quantitative estimate of drug-likeness (QED) is 0.850. The highest BCUT2D eigenvalue weighted by molar-refractivity contribution is 6.35. The summed E-state index contributed by atoms with van der Waals surface area (Å²) in [6.07, 6.45) is 2.18. The summed E-state index contributed by atoms with van der Waals surface area (Å²) in [5.41, 5.74) is 2.07. The van der Waals surface area contributed by atoms with Gasteiger partial charge in [-0.2, -0.15) is 0 Å². The van der Waals surface area contributed by atoms with Gasteiger partial charge in [-0.15, -0.1) is 0 Å². The topological polar surface area (TPSA) is 49.4 Å². The van der Waals surface area contributed by atoms with Gasteiger partial charge in [-0.25, -0.2) is 0 Å². The van der Waals surface area contributed by atoms with E-state index < -0.39 is 11.8 Å². The van der Waals surface area contributed by atoms with Crippen molar-refractivity contribution in [2.75, 3.05) is 7.05 Å². The van der Waals surface area contributed by atoms with Gasteiger partial charge in [0.1, 0.15) is 0 Å². The van der Waals surface area contributed by atoms with Crippen molar-refractivity contribution in [2.45, 2.75) is 31.8 Å². The van der Waals surface area contributed by atoms with Crippen molar-refractivity contribution < 1.29 is 9.59 Å².